The number of carbonyl (C=O) groups is 3. The summed E-state index contributed by atoms with van der Waals surface area (Å²) in [6.45, 7) is 3.26. The van der Waals surface area contributed by atoms with Gasteiger partial charge in [-0.25, -0.2) is 9.18 Å². The first-order valence-corrected chi connectivity index (χ1v) is 9.00. The van der Waals surface area contributed by atoms with Crippen LogP contribution in [0.4, 0.5) is 10.1 Å². The number of halogens is 1. The summed E-state index contributed by atoms with van der Waals surface area (Å²) >= 11 is 0. The minimum atomic E-state index is -1.03. The van der Waals surface area contributed by atoms with Crippen molar-refractivity contribution >= 4 is 23.3 Å². The molecule has 146 valence electrons. The molecule has 1 saturated heterocycles. The third-order valence-corrected chi connectivity index (χ3v) is 4.86. The summed E-state index contributed by atoms with van der Waals surface area (Å²) in [7, 11) is 0. The zero-order valence-electron chi connectivity index (χ0n) is 15.5. The summed E-state index contributed by atoms with van der Waals surface area (Å²) in [5, 5.41) is 9.05. The summed E-state index contributed by atoms with van der Waals surface area (Å²) in [6.07, 6.45) is 0.128. The third kappa shape index (κ3) is 4.36. The Hall–Kier alpha value is -3.22. The second kappa shape index (κ2) is 8.21. The Balaban J connectivity index is 1.60. The molecule has 0 radical (unpaired) electrons. The molecule has 0 aliphatic carbocycles. The molecule has 0 spiro atoms. The lowest BCUT2D eigenvalue weighted by Gasteiger charge is -2.36. The number of Topliss-reactive ketones (excluding diaryl/α,β-unsaturated/α-hetero) is 1. The molecule has 3 rings (SSSR count). The van der Waals surface area contributed by atoms with Crippen molar-refractivity contribution in [2.24, 2.45) is 0 Å². The lowest BCUT2D eigenvalue weighted by atomic mass is 10.1. The molecule has 0 atom stereocenters. The summed E-state index contributed by atoms with van der Waals surface area (Å²) in [5.74, 6) is -1.75. The van der Waals surface area contributed by atoms with Crippen molar-refractivity contribution in [2.45, 2.75) is 13.3 Å². The number of carboxylic acids is 1. The number of carboxylic acid groups (broad SMARTS) is 1. The first kappa shape index (κ1) is 19.5. The van der Waals surface area contributed by atoms with E-state index in [1.54, 1.807) is 29.2 Å². The van der Waals surface area contributed by atoms with Crippen LogP contribution < -0.4 is 4.90 Å². The molecule has 2 aromatic carbocycles. The van der Waals surface area contributed by atoms with E-state index in [1.807, 2.05) is 4.90 Å². The Morgan fingerprint density at radius 1 is 1.00 bits per heavy atom. The van der Waals surface area contributed by atoms with Crippen molar-refractivity contribution in [3.8, 4) is 0 Å². The monoisotopic (exact) mass is 384 g/mol. The SMILES string of the molecule is CC(=O)c1ccc(N2CCN(C(=O)Cc3cccc(C(=O)O)c3)CC2)c(F)c1. The molecule has 1 fully saturated rings. The maximum Gasteiger partial charge on any atom is 0.335 e. The molecule has 7 heteroatoms. The minimum absolute atomic E-state index is 0.0883. The van der Waals surface area contributed by atoms with Gasteiger partial charge in [-0.15, -0.1) is 0 Å². The number of hydrogen-bond donors (Lipinski definition) is 1. The van der Waals surface area contributed by atoms with E-state index < -0.39 is 11.8 Å². The van der Waals surface area contributed by atoms with Crippen molar-refractivity contribution in [2.75, 3.05) is 31.1 Å². The van der Waals surface area contributed by atoms with Crippen molar-refractivity contribution < 1.29 is 23.9 Å². The molecule has 1 N–H and O–H groups in total. The van der Waals surface area contributed by atoms with Gasteiger partial charge < -0.3 is 14.9 Å². The Bertz CT molecular complexity index is 920. The molecule has 0 bridgehead atoms. The van der Waals surface area contributed by atoms with Gasteiger partial charge in [-0.3, -0.25) is 9.59 Å². The molecule has 0 saturated carbocycles. The van der Waals surface area contributed by atoms with Crippen LogP contribution in [0.15, 0.2) is 42.5 Å². The molecule has 0 unspecified atom stereocenters. The number of benzene rings is 2. The fourth-order valence-corrected chi connectivity index (χ4v) is 3.28. The van der Waals surface area contributed by atoms with Crippen LogP contribution in [0.2, 0.25) is 0 Å². The van der Waals surface area contributed by atoms with Gasteiger partial charge in [-0.2, -0.15) is 0 Å². The van der Waals surface area contributed by atoms with E-state index in [0.29, 0.717) is 43.0 Å². The molecule has 28 heavy (non-hydrogen) atoms. The summed E-state index contributed by atoms with van der Waals surface area (Å²) < 4.78 is 14.3. The van der Waals surface area contributed by atoms with Crippen LogP contribution in [0.5, 0.6) is 0 Å². The van der Waals surface area contributed by atoms with E-state index in [0.717, 1.165) is 0 Å². The molecule has 0 aromatic heterocycles. The van der Waals surface area contributed by atoms with Crippen LogP contribution >= 0.6 is 0 Å². The van der Waals surface area contributed by atoms with E-state index in [2.05, 4.69) is 0 Å². The highest BCUT2D eigenvalue weighted by Gasteiger charge is 2.23. The minimum Gasteiger partial charge on any atom is -0.478 e. The largest absolute Gasteiger partial charge is 0.478 e. The fraction of sp³-hybridized carbons (Fsp3) is 0.286. The van der Waals surface area contributed by atoms with Gasteiger partial charge in [0.1, 0.15) is 5.82 Å². The van der Waals surface area contributed by atoms with Crippen LogP contribution in [0, 0.1) is 5.82 Å². The van der Waals surface area contributed by atoms with Crippen molar-refractivity contribution in [1.82, 2.24) is 4.90 Å². The van der Waals surface area contributed by atoms with E-state index >= 15 is 0 Å². The maximum atomic E-state index is 14.3. The molecule has 1 heterocycles. The van der Waals surface area contributed by atoms with Crippen molar-refractivity contribution in [3.63, 3.8) is 0 Å². The molecular formula is C21H21FN2O4. The number of nitrogens with zero attached hydrogens (tertiary/aromatic N) is 2. The number of amides is 1. The van der Waals surface area contributed by atoms with Crippen LogP contribution in [-0.4, -0.2) is 53.8 Å². The summed E-state index contributed by atoms with van der Waals surface area (Å²) in [4.78, 5) is 38.5. The average molecular weight is 384 g/mol. The smallest absolute Gasteiger partial charge is 0.335 e. The number of aromatic carboxylic acids is 1. The molecule has 1 aliphatic heterocycles. The third-order valence-electron chi connectivity index (χ3n) is 4.86. The van der Waals surface area contributed by atoms with Gasteiger partial charge in [-0.1, -0.05) is 12.1 Å². The molecule has 1 amide bonds. The van der Waals surface area contributed by atoms with Gasteiger partial charge in [0.05, 0.1) is 17.7 Å². The standard InChI is InChI=1S/C21H21FN2O4/c1-14(25)16-5-6-19(18(22)13-16)23-7-9-24(10-8-23)20(26)12-15-3-2-4-17(11-15)21(27)28/h2-6,11,13H,7-10,12H2,1H3,(H,27,28). The maximum absolute atomic E-state index is 14.3. The van der Waals surface area contributed by atoms with E-state index in [1.165, 1.54) is 25.1 Å². The van der Waals surface area contributed by atoms with Crippen LogP contribution in [0.3, 0.4) is 0 Å². The second-order valence-corrected chi connectivity index (χ2v) is 6.77. The molecule has 2 aromatic rings. The average Bonchev–Trinajstić information content (AvgIpc) is 2.68. The number of piperazine rings is 1. The second-order valence-electron chi connectivity index (χ2n) is 6.77. The Morgan fingerprint density at radius 3 is 2.32 bits per heavy atom. The molecule has 1 aliphatic rings. The van der Waals surface area contributed by atoms with E-state index in [4.69, 9.17) is 5.11 Å². The Kier molecular flexibility index (Phi) is 5.73. The zero-order valence-corrected chi connectivity index (χ0v) is 15.5. The predicted octanol–water partition coefficient (Wildman–Crippen LogP) is 2.62. The van der Waals surface area contributed by atoms with Crippen molar-refractivity contribution in [1.29, 1.82) is 0 Å². The predicted molar refractivity (Wildman–Crippen MR) is 102 cm³/mol. The Morgan fingerprint density at radius 2 is 1.71 bits per heavy atom. The first-order valence-electron chi connectivity index (χ1n) is 9.00. The first-order chi connectivity index (χ1) is 13.3. The number of anilines is 1. The Labute approximate surface area is 162 Å². The lowest BCUT2D eigenvalue weighted by molar-refractivity contribution is -0.130. The van der Waals surface area contributed by atoms with Crippen molar-refractivity contribution in [3.05, 3.63) is 65.0 Å². The van der Waals surface area contributed by atoms with Crippen LogP contribution in [0.1, 0.15) is 33.2 Å². The highest BCUT2D eigenvalue weighted by Crippen LogP contribution is 2.22. The van der Waals surface area contributed by atoms with Gasteiger partial charge in [0, 0.05) is 31.7 Å². The quantitative estimate of drug-likeness (QED) is 0.802. The number of hydrogen-bond acceptors (Lipinski definition) is 4. The van der Waals surface area contributed by atoms with Crippen LogP contribution in [0.25, 0.3) is 0 Å². The number of ketones is 1. The fourth-order valence-electron chi connectivity index (χ4n) is 3.28. The zero-order chi connectivity index (χ0) is 20.3. The highest BCUT2D eigenvalue weighted by molar-refractivity contribution is 5.94. The van der Waals surface area contributed by atoms with Gasteiger partial charge >= 0.3 is 5.97 Å². The summed E-state index contributed by atoms with van der Waals surface area (Å²) in [6, 6.07) is 10.8. The number of carbonyl (C=O) groups excluding carboxylic acids is 2. The van der Waals surface area contributed by atoms with E-state index in [-0.39, 0.29) is 23.7 Å². The van der Waals surface area contributed by atoms with Gasteiger partial charge in [0.25, 0.3) is 0 Å². The van der Waals surface area contributed by atoms with Gasteiger partial charge in [-0.05, 0) is 42.8 Å². The highest BCUT2D eigenvalue weighted by atomic mass is 19.1. The summed E-state index contributed by atoms with van der Waals surface area (Å²) in [5.41, 5.74) is 1.56. The van der Waals surface area contributed by atoms with Gasteiger partial charge in [0.2, 0.25) is 5.91 Å². The van der Waals surface area contributed by atoms with Gasteiger partial charge in [0.15, 0.2) is 5.78 Å². The van der Waals surface area contributed by atoms with Crippen LogP contribution in [-0.2, 0) is 11.2 Å². The van der Waals surface area contributed by atoms with E-state index in [9.17, 15) is 18.8 Å². The molecule has 6 nitrogen and oxygen atoms in total. The molecular weight excluding hydrogens is 363 g/mol. The lowest BCUT2D eigenvalue weighted by Crippen LogP contribution is -2.49. The number of rotatable bonds is 5. The normalized spacial score (nSPS) is 14.1. The topological polar surface area (TPSA) is 77.9 Å².